The number of halogens is 3. The van der Waals surface area contributed by atoms with Crippen LogP contribution in [0.1, 0.15) is 41.6 Å². The van der Waals surface area contributed by atoms with Crippen molar-refractivity contribution in [3.8, 4) is 0 Å². The Kier molecular flexibility index (Phi) is 8.64. The van der Waals surface area contributed by atoms with Crippen LogP contribution in [-0.4, -0.2) is 32.3 Å². The van der Waals surface area contributed by atoms with Gasteiger partial charge in [-0.3, -0.25) is 9.59 Å². The fraction of sp³-hybridized carbons (Fsp3) is 0.273. The van der Waals surface area contributed by atoms with E-state index >= 15 is 0 Å². The summed E-state index contributed by atoms with van der Waals surface area (Å²) in [4.78, 5) is 25.0. The van der Waals surface area contributed by atoms with Gasteiger partial charge >= 0.3 is 0 Å². The van der Waals surface area contributed by atoms with Gasteiger partial charge in [0, 0.05) is 22.3 Å². The molecule has 0 fully saturated rings. The minimum Gasteiger partial charge on any atom is -0.342 e. The van der Waals surface area contributed by atoms with E-state index in [1.807, 2.05) is 24.5 Å². The summed E-state index contributed by atoms with van der Waals surface area (Å²) in [6.45, 7) is 6.21. The summed E-state index contributed by atoms with van der Waals surface area (Å²) in [5.74, 6) is 0.181. The number of hydrogen-bond acceptors (Lipinski definition) is 5. The molecule has 2 amide bonds. The van der Waals surface area contributed by atoms with Crippen LogP contribution in [0.2, 0.25) is 15.1 Å². The molecule has 0 unspecified atom stereocenters. The molecular weight excluding hydrogens is 505 g/mol. The number of thioether (sulfide) groups is 1. The van der Waals surface area contributed by atoms with Gasteiger partial charge in [0.1, 0.15) is 0 Å². The van der Waals surface area contributed by atoms with Gasteiger partial charge in [0.15, 0.2) is 11.0 Å². The number of anilines is 1. The Morgan fingerprint density at radius 1 is 1.09 bits per heavy atom. The number of amides is 2. The van der Waals surface area contributed by atoms with Gasteiger partial charge in [-0.15, -0.1) is 10.2 Å². The summed E-state index contributed by atoms with van der Waals surface area (Å²) in [7, 11) is 0. The van der Waals surface area contributed by atoms with Crippen LogP contribution in [0.4, 0.5) is 5.69 Å². The molecule has 2 aromatic carbocycles. The highest BCUT2D eigenvalue weighted by Gasteiger charge is 2.21. The van der Waals surface area contributed by atoms with Crippen LogP contribution >= 0.6 is 46.6 Å². The first-order valence-electron chi connectivity index (χ1n) is 10.1. The second-order valence-electron chi connectivity index (χ2n) is 7.21. The number of carbonyl (C=O) groups excluding carboxylic acids is 2. The zero-order valence-electron chi connectivity index (χ0n) is 18.2. The Morgan fingerprint density at radius 3 is 2.52 bits per heavy atom. The van der Waals surface area contributed by atoms with Crippen molar-refractivity contribution in [3.63, 3.8) is 0 Å². The molecule has 1 heterocycles. The molecule has 0 spiro atoms. The normalized spacial score (nSPS) is 11.8. The number of benzene rings is 2. The number of nitrogens with zero attached hydrogens (tertiary/aromatic N) is 3. The lowest BCUT2D eigenvalue weighted by Crippen LogP contribution is -2.29. The lowest BCUT2D eigenvalue weighted by molar-refractivity contribution is -0.113. The average Bonchev–Trinajstić information content (AvgIpc) is 3.18. The first-order chi connectivity index (χ1) is 15.7. The molecule has 0 aliphatic carbocycles. The minimum atomic E-state index is -0.436. The van der Waals surface area contributed by atoms with Gasteiger partial charge in [-0.25, -0.2) is 0 Å². The van der Waals surface area contributed by atoms with Crippen molar-refractivity contribution >= 4 is 64.1 Å². The molecule has 0 saturated carbocycles. The molecule has 7 nitrogen and oxygen atoms in total. The Balaban J connectivity index is 1.64. The molecule has 0 bridgehead atoms. The summed E-state index contributed by atoms with van der Waals surface area (Å²) in [6.07, 6.45) is 0. The molecule has 0 aliphatic heterocycles. The maximum Gasteiger partial charge on any atom is 0.253 e. The fourth-order valence-corrected chi connectivity index (χ4v) is 4.52. The van der Waals surface area contributed by atoms with E-state index in [2.05, 4.69) is 20.8 Å². The minimum absolute atomic E-state index is 0.144. The maximum absolute atomic E-state index is 12.6. The second-order valence-corrected chi connectivity index (χ2v) is 9.40. The Hall–Kier alpha value is -2.26. The van der Waals surface area contributed by atoms with Gasteiger partial charge < -0.3 is 15.2 Å². The SMILES string of the molecule is CCn1c(SCC(=O)Nc2ccc(C)c(Cl)c2)nnc1[C@@H](C)NC(=O)c1ccc(Cl)cc1Cl. The lowest BCUT2D eigenvalue weighted by Gasteiger charge is -2.15. The number of carbonyl (C=O) groups is 2. The monoisotopic (exact) mass is 525 g/mol. The number of rotatable bonds is 8. The van der Waals surface area contributed by atoms with E-state index < -0.39 is 6.04 Å². The van der Waals surface area contributed by atoms with Gasteiger partial charge in [0.25, 0.3) is 5.91 Å². The van der Waals surface area contributed by atoms with E-state index in [9.17, 15) is 9.59 Å². The molecule has 174 valence electrons. The molecule has 2 N–H and O–H groups in total. The van der Waals surface area contributed by atoms with Crippen molar-refractivity contribution in [2.24, 2.45) is 0 Å². The van der Waals surface area contributed by atoms with E-state index in [4.69, 9.17) is 34.8 Å². The van der Waals surface area contributed by atoms with Crippen LogP contribution in [0.3, 0.4) is 0 Å². The predicted octanol–water partition coefficient (Wildman–Crippen LogP) is 5.79. The third kappa shape index (κ3) is 6.41. The highest BCUT2D eigenvalue weighted by Crippen LogP contribution is 2.24. The molecule has 0 aliphatic rings. The zero-order chi connectivity index (χ0) is 24.1. The van der Waals surface area contributed by atoms with Crippen molar-refractivity contribution < 1.29 is 9.59 Å². The quantitative estimate of drug-likeness (QED) is 0.363. The van der Waals surface area contributed by atoms with Crippen LogP contribution in [0.5, 0.6) is 0 Å². The molecule has 3 rings (SSSR count). The first kappa shape index (κ1) is 25.4. The van der Waals surface area contributed by atoms with Crippen molar-refractivity contribution in [3.05, 3.63) is 68.4 Å². The highest BCUT2D eigenvalue weighted by atomic mass is 35.5. The first-order valence-corrected chi connectivity index (χ1v) is 12.2. The summed E-state index contributed by atoms with van der Waals surface area (Å²) in [6, 6.07) is 9.61. The molecule has 33 heavy (non-hydrogen) atoms. The van der Waals surface area contributed by atoms with Gasteiger partial charge in [0.2, 0.25) is 5.91 Å². The Morgan fingerprint density at radius 2 is 1.85 bits per heavy atom. The van der Waals surface area contributed by atoms with E-state index in [-0.39, 0.29) is 22.6 Å². The summed E-state index contributed by atoms with van der Waals surface area (Å²) in [5.41, 5.74) is 1.89. The van der Waals surface area contributed by atoms with E-state index in [1.165, 1.54) is 17.8 Å². The lowest BCUT2D eigenvalue weighted by atomic mass is 10.2. The fourth-order valence-electron chi connectivity index (χ4n) is 3.03. The highest BCUT2D eigenvalue weighted by molar-refractivity contribution is 7.99. The second kappa shape index (κ2) is 11.2. The van der Waals surface area contributed by atoms with Gasteiger partial charge in [-0.05, 0) is 56.7 Å². The van der Waals surface area contributed by atoms with Crippen LogP contribution in [0.15, 0.2) is 41.6 Å². The third-order valence-electron chi connectivity index (χ3n) is 4.76. The molecule has 1 aromatic heterocycles. The van der Waals surface area contributed by atoms with Crippen LogP contribution in [0, 0.1) is 6.92 Å². The van der Waals surface area contributed by atoms with E-state index in [0.29, 0.717) is 38.8 Å². The van der Waals surface area contributed by atoms with Crippen LogP contribution < -0.4 is 10.6 Å². The van der Waals surface area contributed by atoms with Crippen molar-refractivity contribution in [2.75, 3.05) is 11.1 Å². The largest absolute Gasteiger partial charge is 0.342 e. The number of aryl methyl sites for hydroxylation is 1. The zero-order valence-corrected chi connectivity index (χ0v) is 21.2. The number of nitrogens with one attached hydrogen (secondary N) is 2. The predicted molar refractivity (Wildman–Crippen MR) is 134 cm³/mol. The van der Waals surface area contributed by atoms with Crippen molar-refractivity contribution in [1.82, 2.24) is 20.1 Å². The van der Waals surface area contributed by atoms with Crippen LogP contribution in [-0.2, 0) is 11.3 Å². The molecule has 1 atom stereocenters. The maximum atomic E-state index is 12.6. The number of aromatic nitrogens is 3. The van der Waals surface area contributed by atoms with Gasteiger partial charge in [-0.1, -0.05) is 52.6 Å². The molecule has 11 heteroatoms. The smallest absolute Gasteiger partial charge is 0.253 e. The van der Waals surface area contributed by atoms with E-state index in [0.717, 1.165) is 5.56 Å². The van der Waals surface area contributed by atoms with Gasteiger partial charge in [-0.2, -0.15) is 0 Å². The Labute approximate surface area is 211 Å². The number of hydrogen-bond donors (Lipinski definition) is 2. The standard InChI is InChI=1S/C22H22Cl3N5O2S/c1-4-30-20(13(3)26-21(32)16-8-6-14(23)9-18(16)25)28-29-22(30)33-11-19(31)27-15-7-5-12(2)17(24)10-15/h5-10,13H,4,11H2,1-3H3,(H,26,32)(H,27,31)/t13-/m1/s1. The summed E-state index contributed by atoms with van der Waals surface area (Å²) in [5, 5.41) is 16.0. The average molecular weight is 527 g/mol. The van der Waals surface area contributed by atoms with Crippen LogP contribution in [0.25, 0.3) is 0 Å². The van der Waals surface area contributed by atoms with Crippen molar-refractivity contribution in [1.29, 1.82) is 0 Å². The summed E-state index contributed by atoms with van der Waals surface area (Å²) < 4.78 is 1.86. The topological polar surface area (TPSA) is 88.9 Å². The Bertz CT molecular complexity index is 1180. The van der Waals surface area contributed by atoms with Crippen molar-refractivity contribution in [2.45, 2.75) is 38.5 Å². The van der Waals surface area contributed by atoms with E-state index in [1.54, 1.807) is 31.2 Å². The van der Waals surface area contributed by atoms with Gasteiger partial charge in [0.05, 0.1) is 22.4 Å². The third-order valence-corrected chi connectivity index (χ3v) is 6.68. The molecule has 0 saturated heterocycles. The molecule has 3 aromatic rings. The molecule has 0 radical (unpaired) electrons. The summed E-state index contributed by atoms with van der Waals surface area (Å²) >= 11 is 19.4. The molecular formula is C22H22Cl3N5O2S.